The second-order valence-corrected chi connectivity index (χ2v) is 4.60. The second kappa shape index (κ2) is 5.65. The van der Waals surface area contributed by atoms with Crippen molar-refractivity contribution >= 4 is 17.9 Å². The third-order valence-corrected chi connectivity index (χ3v) is 2.43. The molecule has 3 amide bonds. The van der Waals surface area contributed by atoms with Crippen LogP contribution in [0, 0.1) is 11.8 Å². The van der Waals surface area contributed by atoms with Gasteiger partial charge in [-0.25, -0.2) is 4.79 Å². The van der Waals surface area contributed by atoms with E-state index in [0.29, 0.717) is 5.92 Å². The first kappa shape index (κ1) is 13.5. The monoisotopic (exact) mass is 242 g/mol. The van der Waals surface area contributed by atoms with Crippen LogP contribution in [0.3, 0.4) is 0 Å². The molecule has 6 nitrogen and oxygen atoms in total. The Balaban J connectivity index is 2.16. The molecule has 2 atom stereocenters. The van der Waals surface area contributed by atoms with Crippen LogP contribution < -0.4 is 10.6 Å². The summed E-state index contributed by atoms with van der Waals surface area (Å²) in [6.07, 6.45) is 0.814. The minimum Gasteiger partial charge on any atom is -0.455 e. The molecule has 96 valence electrons. The van der Waals surface area contributed by atoms with Crippen molar-refractivity contribution in [1.82, 2.24) is 10.6 Å². The SMILES string of the molecule is CC(C)NC(=O)NC(=O)COC(=O)C1CC1C. The molecule has 1 aliphatic rings. The Morgan fingerprint density at radius 1 is 1.35 bits per heavy atom. The van der Waals surface area contributed by atoms with E-state index in [0.717, 1.165) is 6.42 Å². The van der Waals surface area contributed by atoms with Crippen molar-refractivity contribution in [3.05, 3.63) is 0 Å². The molecule has 1 aliphatic carbocycles. The molecular weight excluding hydrogens is 224 g/mol. The van der Waals surface area contributed by atoms with E-state index in [-0.39, 0.29) is 17.9 Å². The van der Waals surface area contributed by atoms with Crippen LogP contribution in [0.25, 0.3) is 0 Å². The molecule has 0 aromatic rings. The Hall–Kier alpha value is -1.59. The zero-order chi connectivity index (χ0) is 13.0. The second-order valence-electron chi connectivity index (χ2n) is 4.60. The number of esters is 1. The van der Waals surface area contributed by atoms with Gasteiger partial charge in [0.05, 0.1) is 5.92 Å². The summed E-state index contributed by atoms with van der Waals surface area (Å²) in [6, 6.07) is -0.640. The first-order chi connectivity index (χ1) is 7.90. The van der Waals surface area contributed by atoms with Crippen LogP contribution in [-0.4, -0.2) is 30.6 Å². The number of ether oxygens (including phenoxy) is 1. The summed E-state index contributed by atoms with van der Waals surface area (Å²) in [5.74, 6) is -0.719. The van der Waals surface area contributed by atoms with Crippen LogP contribution >= 0.6 is 0 Å². The number of amides is 3. The summed E-state index contributed by atoms with van der Waals surface area (Å²) in [5, 5.41) is 4.56. The maximum absolute atomic E-state index is 11.3. The predicted molar refractivity (Wildman–Crippen MR) is 60.0 cm³/mol. The van der Waals surface area contributed by atoms with Crippen molar-refractivity contribution in [3.63, 3.8) is 0 Å². The molecule has 2 unspecified atom stereocenters. The number of carbonyl (C=O) groups is 3. The third-order valence-electron chi connectivity index (χ3n) is 2.43. The van der Waals surface area contributed by atoms with E-state index in [2.05, 4.69) is 10.6 Å². The van der Waals surface area contributed by atoms with E-state index in [1.54, 1.807) is 13.8 Å². The van der Waals surface area contributed by atoms with Crippen molar-refractivity contribution in [2.75, 3.05) is 6.61 Å². The molecule has 0 aromatic carbocycles. The van der Waals surface area contributed by atoms with Gasteiger partial charge in [0.2, 0.25) is 0 Å². The lowest BCUT2D eigenvalue weighted by Crippen LogP contribution is -2.44. The fraction of sp³-hybridized carbons (Fsp3) is 0.727. The Morgan fingerprint density at radius 2 is 1.94 bits per heavy atom. The maximum atomic E-state index is 11.3. The Kier molecular flexibility index (Phi) is 4.48. The third kappa shape index (κ3) is 4.84. The van der Waals surface area contributed by atoms with Crippen molar-refractivity contribution in [3.8, 4) is 0 Å². The van der Waals surface area contributed by atoms with Crippen molar-refractivity contribution in [2.45, 2.75) is 33.2 Å². The average molecular weight is 242 g/mol. The van der Waals surface area contributed by atoms with Crippen LogP contribution in [-0.2, 0) is 14.3 Å². The van der Waals surface area contributed by atoms with Gasteiger partial charge < -0.3 is 10.1 Å². The lowest BCUT2D eigenvalue weighted by atomic mass is 10.3. The molecular formula is C11H18N2O4. The first-order valence-corrected chi connectivity index (χ1v) is 5.67. The summed E-state index contributed by atoms with van der Waals surface area (Å²) >= 11 is 0. The van der Waals surface area contributed by atoms with Gasteiger partial charge in [0.1, 0.15) is 0 Å². The molecule has 1 fully saturated rings. The maximum Gasteiger partial charge on any atom is 0.321 e. The number of carbonyl (C=O) groups excluding carboxylic acids is 3. The van der Waals surface area contributed by atoms with E-state index in [9.17, 15) is 14.4 Å². The van der Waals surface area contributed by atoms with Gasteiger partial charge in [0.15, 0.2) is 6.61 Å². The van der Waals surface area contributed by atoms with E-state index in [4.69, 9.17) is 4.74 Å². The largest absolute Gasteiger partial charge is 0.455 e. The standard InChI is InChI=1S/C11H18N2O4/c1-6(2)12-11(16)13-9(14)5-17-10(15)8-4-7(8)3/h6-8H,4-5H2,1-3H3,(H2,12,13,14,16). The Labute approximate surface area is 100 Å². The summed E-state index contributed by atoms with van der Waals surface area (Å²) in [5.41, 5.74) is 0. The quantitative estimate of drug-likeness (QED) is 0.700. The van der Waals surface area contributed by atoms with Crippen LogP contribution in [0.15, 0.2) is 0 Å². The zero-order valence-electron chi connectivity index (χ0n) is 10.3. The van der Waals surface area contributed by atoms with Gasteiger partial charge in [-0.3, -0.25) is 14.9 Å². The van der Waals surface area contributed by atoms with Gasteiger partial charge in [-0.05, 0) is 26.2 Å². The fourth-order valence-corrected chi connectivity index (χ4v) is 1.36. The highest BCUT2D eigenvalue weighted by atomic mass is 16.5. The summed E-state index contributed by atoms with van der Waals surface area (Å²) in [7, 11) is 0. The Morgan fingerprint density at radius 3 is 2.41 bits per heavy atom. The molecule has 0 aliphatic heterocycles. The van der Waals surface area contributed by atoms with Crippen LogP contribution in [0.4, 0.5) is 4.79 Å². The minimum absolute atomic E-state index is 0.0577. The summed E-state index contributed by atoms with van der Waals surface area (Å²) < 4.78 is 4.77. The van der Waals surface area contributed by atoms with Crippen molar-refractivity contribution in [1.29, 1.82) is 0 Å². The number of hydrogen-bond donors (Lipinski definition) is 2. The summed E-state index contributed by atoms with van der Waals surface area (Å²) in [6.45, 7) is 5.09. The highest BCUT2D eigenvalue weighted by Gasteiger charge is 2.40. The van der Waals surface area contributed by atoms with Crippen LogP contribution in [0.5, 0.6) is 0 Å². The molecule has 0 spiro atoms. The van der Waals surface area contributed by atoms with Gasteiger partial charge in [0.25, 0.3) is 5.91 Å². The van der Waals surface area contributed by atoms with Gasteiger partial charge in [-0.1, -0.05) is 6.92 Å². The number of imide groups is 1. The molecule has 0 saturated heterocycles. The number of hydrogen-bond acceptors (Lipinski definition) is 4. The normalized spacial score (nSPS) is 21.9. The van der Waals surface area contributed by atoms with E-state index >= 15 is 0 Å². The smallest absolute Gasteiger partial charge is 0.321 e. The molecule has 2 N–H and O–H groups in total. The first-order valence-electron chi connectivity index (χ1n) is 5.67. The lowest BCUT2D eigenvalue weighted by Gasteiger charge is -2.09. The van der Waals surface area contributed by atoms with Gasteiger partial charge in [-0.15, -0.1) is 0 Å². The van der Waals surface area contributed by atoms with Crippen molar-refractivity contribution in [2.24, 2.45) is 11.8 Å². The lowest BCUT2D eigenvalue weighted by molar-refractivity contribution is -0.149. The molecule has 0 radical (unpaired) electrons. The average Bonchev–Trinajstić information content (AvgIpc) is 2.90. The van der Waals surface area contributed by atoms with Crippen molar-refractivity contribution < 1.29 is 19.1 Å². The Bertz CT molecular complexity index is 327. The van der Waals surface area contributed by atoms with Gasteiger partial charge in [-0.2, -0.15) is 0 Å². The van der Waals surface area contributed by atoms with Gasteiger partial charge >= 0.3 is 12.0 Å². The molecule has 1 saturated carbocycles. The topological polar surface area (TPSA) is 84.5 Å². The summed E-state index contributed by atoms with van der Waals surface area (Å²) in [4.78, 5) is 33.6. The fourth-order valence-electron chi connectivity index (χ4n) is 1.36. The van der Waals surface area contributed by atoms with E-state index in [1.165, 1.54) is 0 Å². The molecule has 0 aromatic heterocycles. The van der Waals surface area contributed by atoms with Gasteiger partial charge in [0, 0.05) is 6.04 Å². The van der Waals surface area contributed by atoms with Crippen LogP contribution in [0.2, 0.25) is 0 Å². The van der Waals surface area contributed by atoms with E-state index < -0.39 is 18.5 Å². The number of nitrogens with one attached hydrogen (secondary N) is 2. The molecule has 0 bridgehead atoms. The number of rotatable bonds is 4. The van der Waals surface area contributed by atoms with Crippen LogP contribution in [0.1, 0.15) is 27.2 Å². The highest BCUT2D eigenvalue weighted by molar-refractivity contribution is 5.95. The predicted octanol–water partition coefficient (Wildman–Crippen LogP) is 0.420. The molecule has 6 heteroatoms. The molecule has 0 heterocycles. The van der Waals surface area contributed by atoms with E-state index in [1.807, 2.05) is 6.92 Å². The minimum atomic E-state index is -0.621. The molecule has 17 heavy (non-hydrogen) atoms. The number of urea groups is 1. The highest BCUT2D eigenvalue weighted by Crippen LogP contribution is 2.38. The molecule has 1 rings (SSSR count). The zero-order valence-corrected chi connectivity index (χ0v) is 10.3.